The summed E-state index contributed by atoms with van der Waals surface area (Å²) in [5.41, 5.74) is 0.757. The van der Waals surface area contributed by atoms with Gasteiger partial charge in [0.1, 0.15) is 27.9 Å². The summed E-state index contributed by atoms with van der Waals surface area (Å²) in [5, 5.41) is 13.2. The van der Waals surface area contributed by atoms with Gasteiger partial charge in [0.05, 0.1) is 14.2 Å². The van der Waals surface area contributed by atoms with Gasteiger partial charge in [-0.15, -0.1) is 0 Å². The first-order chi connectivity index (χ1) is 11.4. The van der Waals surface area contributed by atoms with Gasteiger partial charge < -0.3 is 19.9 Å². The summed E-state index contributed by atoms with van der Waals surface area (Å²) in [7, 11) is 3.02. The Bertz CT molecular complexity index is 720. The highest BCUT2D eigenvalue weighted by Crippen LogP contribution is 2.29. The second kappa shape index (κ2) is 8.19. The number of carbonyl (C=O) groups excluding carboxylic acids is 1. The van der Waals surface area contributed by atoms with Crippen LogP contribution in [0.2, 0.25) is 10.3 Å². The monoisotopic (exact) mass is 370 g/mol. The van der Waals surface area contributed by atoms with Gasteiger partial charge in [0.15, 0.2) is 0 Å². The number of benzene rings is 1. The van der Waals surface area contributed by atoms with Crippen LogP contribution in [-0.2, 0) is 0 Å². The largest absolute Gasteiger partial charge is 0.497 e. The molecule has 0 saturated heterocycles. The molecule has 2 aromatic rings. The zero-order chi connectivity index (χ0) is 17.7. The third-order valence-corrected chi connectivity index (χ3v) is 3.66. The van der Waals surface area contributed by atoms with Gasteiger partial charge in [-0.05, 0) is 30.3 Å². The molecule has 0 aliphatic heterocycles. The van der Waals surface area contributed by atoms with Crippen molar-refractivity contribution in [2.24, 2.45) is 0 Å². The first kappa shape index (κ1) is 18.3. The SMILES string of the molecule is COc1ccc(OC)c(C(O)CNC(=O)c2cc(Cl)nc(Cl)c2)c1. The quantitative estimate of drug-likeness (QED) is 0.764. The molecule has 1 aromatic carbocycles. The summed E-state index contributed by atoms with van der Waals surface area (Å²) >= 11 is 11.5. The van der Waals surface area contributed by atoms with Crippen LogP contribution < -0.4 is 14.8 Å². The van der Waals surface area contributed by atoms with Crippen molar-refractivity contribution in [1.82, 2.24) is 10.3 Å². The zero-order valence-electron chi connectivity index (χ0n) is 13.0. The average molecular weight is 371 g/mol. The summed E-state index contributed by atoms with van der Waals surface area (Å²) in [6.45, 7) is -0.0279. The van der Waals surface area contributed by atoms with Gasteiger partial charge >= 0.3 is 0 Å². The summed E-state index contributed by atoms with van der Waals surface area (Å²) in [4.78, 5) is 15.9. The lowest BCUT2D eigenvalue weighted by atomic mass is 10.1. The first-order valence-electron chi connectivity index (χ1n) is 6.96. The molecule has 128 valence electrons. The van der Waals surface area contributed by atoms with Crippen LogP contribution in [0.3, 0.4) is 0 Å². The number of nitrogens with zero attached hydrogens (tertiary/aromatic N) is 1. The summed E-state index contributed by atoms with van der Waals surface area (Å²) in [6, 6.07) is 7.83. The molecule has 2 N–H and O–H groups in total. The Hall–Kier alpha value is -2.02. The molecule has 0 fully saturated rings. The predicted molar refractivity (Wildman–Crippen MR) is 91.1 cm³/mol. The second-order valence-electron chi connectivity index (χ2n) is 4.83. The van der Waals surface area contributed by atoms with Crippen molar-refractivity contribution in [2.75, 3.05) is 20.8 Å². The van der Waals surface area contributed by atoms with Crippen LogP contribution in [0, 0.1) is 0 Å². The Morgan fingerprint density at radius 1 is 1.21 bits per heavy atom. The molecule has 24 heavy (non-hydrogen) atoms. The minimum Gasteiger partial charge on any atom is -0.497 e. The highest BCUT2D eigenvalue weighted by molar-refractivity contribution is 6.33. The molecule has 8 heteroatoms. The van der Waals surface area contributed by atoms with Gasteiger partial charge in [0.2, 0.25) is 0 Å². The number of ether oxygens (including phenoxy) is 2. The second-order valence-corrected chi connectivity index (χ2v) is 5.61. The number of hydrogen-bond acceptors (Lipinski definition) is 5. The van der Waals surface area contributed by atoms with Crippen molar-refractivity contribution in [3.63, 3.8) is 0 Å². The van der Waals surface area contributed by atoms with E-state index in [4.69, 9.17) is 32.7 Å². The van der Waals surface area contributed by atoms with Crippen molar-refractivity contribution >= 4 is 29.1 Å². The van der Waals surface area contributed by atoms with Crippen molar-refractivity contribution in [3.05, 3.63) is 51.8 Å². The fourth-order valence-electron chi connectivity index (χ4n) is 2.10. The van der Waals surface area contributed by atoms with Crippen molar-refractivity contribution in [2.45, 2.75) is 6.10 Å². The number of halogens is 2. The van der Waals surface area contributed by atoms with E-state index in [9.17, 15) is 9.90 Å². The molecule has 6 nitrogen and oxygen atoms in total. The molecule has 0 spiro atoms. The Morgan fingerprint density at radius 2 is 1.88 bits per heavy atom. The van der Waals surface area contributed by atoms with E-state index in [1.54, 1.807) is 18.2 Å². The van der Waals surface area contributed by atoms with Gasteiger partial charge in [-0.3, -0.25) is 4.79 Å². The molecule has 0 bridgehead atoms. The lowest BCUT2D eigenvalue weighted by Crippen LogP contribution is -2.28. The van der Waals surface area contributed by atoms with Gasteiger partial charge in [-0.25, -0.2) is 4.98 Å². The molecule has 2 rings (SSSR count). The summed E-state index contributed by atoms with van der Waals surface area (Å²) in [5.74, 6) is 0.638. The van der Waals surface area contributed by atoms with Crippen molar-refractivity contribution in [1.29, 1.82) is 0 Å². The number of aromatic nitrogens is 1. The summed E-state index contributed by atoms with van der Waals surface area (Å²) < 4.78 is 10.4. The van der Waals surface area contributed by atoms with E-state index in [-0.39, 0.29) is 22.4 Å². The number of rotatable bonds is 6. The predicted octanol–water partition coefficient (Wildman–Crippen LogP) is 2.87. The molecular formula is C16H16Cl2N2O4. The normalized spacial score (nSPS) is 11.7. The Morgan fingerprint density at radius 3 is 2.46 bits per heavy atom. The number of nitrogens with one attached hydrogen (secondary N) is 1. The molecule has 1 unspecified atom stereocenters. The molecule has 1 heterocycles. The van der Waals surface area contributed by atoms with E-state index in [0.29, 0.717) is 17.1 Å². The van der Waals surface area contributed by atoms with E-state index < -0.39 is 12.0 Å². The van der Waals surface area contributed by atoms with Crippen LogP contribution >= 0.6 is 23.2 Å². The van der Waals surface area contributed by atoms with E-state index in [0.717, 1.165) is 0 Å². The standard InChI is InChI=1S/C16H16Cl2N2O4/c1-23-10-3-4-13(24-2)11(7-10)12(21)8-19-16(22)9-5-14(17)20-15(18)6-9/h3-7,12,21H,8H2,1-2H3,(H,19,22). The molecule has 0 saturated carbocycles. The van der Waals surface area contributed by atoms with Crippen LogP contribution in [0.4, 0.5) is 0 Å². The number of methoxy groups -OCH3 is 2. The van der Waals surface area contributed by atoms with Gasteiger partial charge in [-0.1, -0.05) is 23.2 Å². The number of aliphatic hydroxyl groups is 1. The maximum absolute atomic E-state index is 12.1. The zero-order valence-corrected chi connectivity index (χ0v) is 14.6. The Kier molecular flexibility index (Phi) is 6.25. The van der Waals surface area contributed by atoms with Crippen LogP contribution in [0.1, 0.15) is 22.0 Å². The van der Waals surface area contributed by atoms with E-state index >= 15 is 0 Å². The minimum absolute atomic E-state index is 0.0279. The fourth-order valence-corrected chi connectivity index (χ4v) is 2.56. The van der Waals surface area contributed by atoms with Crippen LogP contribution in [0.15, 0.2) is 30.3 Å². The molecule has 1 amide bonds. The molecule has 0 aliphatic carbocycles. The van der Waals surface area contributed by atoms with E-state index in [1.165, 1.54) is 26.4 Å². The Balaban J connectivity index is 2.10. The maximum atomic E-state index is 12.1. The molecule has 1 atom stereocenters. The minimum atomic E-state index is -0.980. The van der Waals surface area contributed by atoms with Gasteiger partial charge in [-0.2, -0.15) is 0 Å². The smallest absolute Gasteiger partial charge is 0.251 e. The van der Waals surface area contributed by atoms with Crippen LogP contribution in [-0.4, -0.2) is 36.8 Å². The fraction of sp³-hybridized carbons (Fsp3) is 0.250. The number of amides is 1. The third kappa shape index (κ3) is 4.50. The van der Waals surface area contributed by atoms with Crippen molar-refractivity contribution in [3.8, 4) is 11.5 Å². The highest BCUT2D eigenvalue weighted by atomic mass is 35.5. The average Bonchev–Trinajstić information content (AvgIpc) is 2.57. The third-order valence-electron chi connectivity index (χ3n) is 3.28. The summed E-state index contributed by atoms with van der Waals surface area (Å²) in [6.07, 6.45) is -0.980. The topological polar surface area (TPSA) is 80.7 Å². The van der Waals surface area contributed by atoms with E-state index in [2.05, 4.69) is 10.3 Å². The molecule has 0 radical (unpaired) electrons. The molecule has 0 aliphatic rings. The van der Waals surface area contributed by atoms with Crippen LogP contribution in [0.5, 0.6) is 11.5 Å². The number of aliphatic hydroxyl groups excluding tert-OH is 1. The molecule has 1 aromatic heterocycles. The maximum Gasteiger partial charge on any atom is 0.251 e. The number of pyridine rings is 1. The van der Waals surface area contributed by atoms with Crippen LogP contribution in [0.25, 0.3) is 0 Å². The van der Waals surface area contributed by atoms with Crippen molar-refractivity contribution < 1.29 is 19.4 Å². The lowest BCUT2D eigenvalue weighted by Gasteiger charge is -2.16. The Labute approximate surface area is 149 Å². The number of hydrogen-bond donors (Lipinski definition) is 2. The lowest BCUT2D eigenvalue weighted by molar-refractivity contribution is 0.0914. The molecular weight excluding hydrogens is 355 g/mol. The first-order valence-corrected chi connectivity index (χ1v) is 7.71. The number of carbonyl (C=O) groups is 1. The van der Waals surface area contributed by atoms with E-state index in [1.807, 2.05) is 0 Å². The highest BCUT2D eigenvalue weighted by Gasteiger charge is 2.17. The van der Waals surface area contributed by atoms with Gasteiger partial charge in [0.25, 0.3) is 5.91 Å². The van der Waals surface area contributed by atoms with Gasteiger partial charge in [0, 0.05) is 17.7 Å².